The molecule has 3 nitrogen and oxygen atoms in total. The van der Waals surface area contributed by atoms with Gasteiger partial charge in [0.25, 0.3) is 0 Å². The zero-order valence-corrected chi connectivity index (χ0v) is 10.4. The first-order valence-electron chi connectivity index (χ1n) is 5.51. The van der Waals surface area contributed by atoms with E-state index in [0.717, 1.165) is 16.6 Å². The van der Waals surface area contributed by atoms with Crippen molar-refractivity contribution in [3.63, 3.8) is 0 Å². The van der Waals surface area contributed by atoms with Gasteiger partial charge in [0.2, 0.25) is 5.91 Å². The fraction of sp³-hybridized carbons (Fsp3) is 0.417. The predicted octanol–water partition coefficient (Wildman–Crippen LogP) is 1.76. The number of nitrogens with two attached hydrogens (primary N) is 1. The maximum atomic E-state index is 12.1. The zero-order valence-electron chi connectivity index (χ0n) is 8.77. The van der Waals surface area contributed by atoms with Crippen LogP contribution in [-0.4, -0.2) is 18.5 Å². The third kappa shape index (κ3) is 1.40. The second-order valence-electron chi connectivity index (χ2n) is 4.50. The molecule has 2 N–H and O–H groups in total. The van der Waals surface area contributed by atoms with E-state index in [0.29, 0.717) is 12.5 Å². The number of rotatable bonds is 2. The van der Waals surface area contributed by atoms with Crippen LogP contribution in [0, 0.1) is 11.8 Å². The predicted molar refractivity (Wildman–Crippen MR) is 66.1 cm³/mol. The summed E-state index contributed by atoms with van der Waals surface area (Å²) in [5.74, 6) is 0.988. The first-order valence-corrected chi connectivity index (χ1v) is 6.30. The van der Waals surface area contributed by atoms with E-state index < -0.39 is 0 Å². The van der Waals surface area contributed by atoms with E-state index in [9.17, 15) is 4.79 Å². The second-order valence-corrected chi connectivity index (χ2v) is 5.41. The minimum atomic E-state index is 0.201. The number of amides is 1. The first-order chi connectivity index (χ1) is 7.72. The van der Waals surface area contributed by atoms with Crippen molar-refractivity contribution in [3.8, 4) is 0 Å². The summed E-state index contributed by atoms with van der Waals surface area (Å²) < 4.78 is 0.995. The molecule has 1 aliphatic heterocycles. The lowest BCUT2D eigenvalue weighted by atomic mass is 10.1. The Morgan fingerprint density at radius 1 is 1.50 bits per heavy atom. The van der Waals surface area contributed by atoms with E-state index in [2.05, 4.69) is 15.9 Å². The van der Waals surface area contributed by atoms with Crippen LogP contribution in [-0.2, 0) is 4.79 Å². The Morgan fingerprint density at radius 2 is 2.31 bits per heavy atom. The van der Waals surface area contributed by atoms with E-state index >= 15 is 0 Å². The molecule has 3 atom stereocenters. The second kappa shape index (κ2) is 3.57. The molecule has 84 valence electrons. The van der Waals surface area contributed by atoms with Crippen molar-refractivity contribution < 1.29 is 4.79 Å². The van der Waals surface area contributed by atoms with Crippen molar-refractivity contribution in [2.45, 2.75) is 12.5 Å². The van der Waals surface area contributed by atoms with Crippen LogP contribution in [0.3, 0.4) is 0 Å². The van der Waals surface area contributed by atoms with Crippen molar-refractivity contribution >= 4 is 27.5 Å². The highest BCUT2D eigenvalue weighted by Gasteiger charge is 2.58. The highest BCUT2D eigenvalue weighted by molar-refractivity contribution is 9.10. The van der Waals surface area contributed by atoms with Crippen molar-refractivity contribution in [1.82, 2.24) is 0 Å². The first kappa shape index (κ1) is 10.3. The Hall–Kier alpha value is -0.870. The summed E-state index contributed by atoms with van der Waals surface area (Å²) in [4.78, 5) is 14.0. The molecular formula is C12H13BrN2O. The molecule has 1 amide bonds. The Bertz CT molecular complexity index is 448. The standard InChI is InChI=1S/C12H13BrN2O/c13-7-2-1-3-8(4-7)15-11(6-14)9-5-10(9)12(15)16/h1-4,9-11H,5-6,14H2. The van der Waals surface area contributed by atoms with Gasteiger partial charge >= 0.3 is 0 Å². The topological polar surface area (TPSA) is 46.3 Å². The van der Waals surface area contributed by atoms with Crippen LogP contribution in [0.5, 0.6) is 0 Å². The number of halogens is 1. The van der Waals surface area contributed by atoms with Crippen molar-refractivity contribution in [2.75, 3.05) is 11.4 Å². The van der Waals surface area contributed by atoms with E-state index in [1.807, 2.05) is 29.2 Å². The van der Waals surface area contributed by atoms with Crippen LogP contribution in [0.1, 0.15) is 6.42 Å². The summed E-state index contributed by atoms with van der Waals surface area (Å²) in [5.41, 5.74) is 6.73. The van der Waals surface area contributed by atoms with Gasteiger partial charge in [-0.25, -0.2) is 0 Å². The monoisotopic (exact) mass is 280 g/mol. The van der Waals surface area contributed by atoms with Gasteiger partial charge in [-0.05, 0) is 30.5 Å². The molecule has 1 aliphatic carbocycles. The molecule has 1 saturated heterocycles. The minimum Gasteiger partial charge on any atom is -0.328 e. The molecule has 4 heteroatoms. The van der Waals surface area contributed by atoms with Gasteiger partial charge in [0, 0.05) is 22.6 Å². The normalized spacial score (nSPS) is 31.8. The van der Waals surface area contributed by atoms with E-state index in [4.69, 9.17) is 5.73 Å². The Labute approximate surface area is 103 Å². The summed E-state index contributed by atoms with van der Waals surface area (Å²) >= 11 is 3.43. The van der Waals surface area contributed by atoms with Gasteiger partial charge in [-0.2, -0.15) is 0 Å². The number of nitrogens with zero attached hydrogens (tertiary/aromatic N) is 1. The number of piperidine rings is 1. The third-order valence-corrected chi connectivity index (χ3v) is 4.04. The largest absolute Gasteiger partial charge is 0.328 e. The molecule has 2 fully saturated rings. The maximum Gasteiger partial charge on any atom is 0.230 e. The number of carbonyl (C=O) groups is 1. The lowest BCUT2D eigenvalue weighted by molar-refractivity contribution is -0.118. The van der Waals surface area contributed by atoms with Crippen molar-refractivity contribution in [2.24, 2.45) is 17.6 Å². The SMILES string of the molecule is NCC1C2CC2C(=O)N1c1cccc(Br)c1. The molecule has 16 heavy (non-hydrogen) atoms. The Kier molecular flexibility index (Phi) is 2.30. The molecular weight excluding hydrogens is 268 g/mol. The summed E-state index contributed by atoms with van der Waals surface area (Å²) in [5, 5.41) is 0. The highest BCUT2D eigenvalue weighted by Crippen LogP contribution is 2.51. The summed E-state index contributed by atoms with van der Waals surface area (Å²) in [6, 6.07) is 8.06. The molecule has 0 aromatic heterocycles. The maximum absolute atomic E-state index is 12.1. The number of hydrogen-bond acceptors (Lipinski definition) is 2. The van der Waals surface area contributed by atoms with Crippen LogP contribution in [0.2, 0.25) is 0 Å². The number of benzene rings is 1. The summed E-state index contributed by atoms with van der Waals surface area (Å²) in [7, 11) is 0. The Morgan fingerprint density at radius 3 is 3.00 bits per heavy atom. The zero-order chi connectivity index (χ0) is 11.3. The molecule has 3 rings (SSSR count). The molecule has 0 bridgehead atoms. The number of hydrogen-bond donors (Lipinski definition) is 1. The van der Waals surface area contributed by atoms with Gasteiger partial charge in [0.15, 0.2) is 0 Å². The van der Waals surface area contributed by atoms with Crippen LogP contribution >= 0.6 is 15.9 Å². The van der Waals surface area contributed by atoms with Gasteiger partial charge in [-0.15, -0.1) is 0 Å². The molecule has 3 unspecified atom stereocenters. The molecule has 1 saturated carbocycles. The molecule has 1 aromatic carbocycles. The van der Waals surface area contributed by atoms with Gasteiger partial charge in [-0.3, -0.25) is 4.79 Å². The molecule has 0 spiro atoms. The van der Waals surface area contributed by atoms with Crippen molar-refractivity contribution in [1.29, 1.82) is 0 Å². The smallest absolute Gasteiger partial charge is 0.230 e. The van der Waals surface area contributed by atoms with E-state index in [-0.39, 0.29) is 17.9 Å². The molecule has 1 aromatic rings. The van der Waals surface area contributed by atoms with Crippen LogP contribution in [0.4, 0.5) is 5.69 Å². The van der Waals surface area contributed by atoms with Gasteiger partial charge in [0.05, 0.1) is 6.04 Å². The minimum absolute atomic E-state index is 0.201. The fourth-order valence-corrected chi connectivity index (χ4v) is 3.07. The van der Waals surface area contributed by atoms with Gasteiger partial charge in [-0.1, -0.05) is 22.0 Å². The number of fused-ring (bicyclic) bond motifs is 1. The summed E-state index contributed by atoms with van der Waals surface area (Å²) in [6.45, 7) is 0.555. The van der Waals surface area contributed by atoms with E-state index in [1.54, 1.807) is 0 Å². The lowest BCUT2D eigenvalue weighted by Gasteiger charge is -2.26. The van der Waals surface area contributed by atoms with Crippen molar-refractivity contribution in [3.05, 3.63) is 28.7 Å². The van der Waals surface area contributed by atoms with Crippen LogP contribution in [0.15, 0.2) is 28.7 Å². The number of carbonyl (C=O) groups excluding carboxylic acids is 1. The van der Waals surface area contributed by atoms with Gasteiger partial charge < -0.3 is 10.6 Å². The van der Waals surface area contributed by atoms with Crippen LogP contribution < -0.4 is 10.6 Å². The van der Waals surface area contributed by atoms with Gasteiger partial charge in [0.1, 0.15) is 0 Å². The summed E-state index contributed by atoms with van der Waals surface area (Å²) in [6.07, 6.45) is 1.03. The van der Waals surface area contributed by atoms with Crippen LogP contribution in [0.25, 0.3) is 0 Å². The molecule has 1 heterocycles. The molecule has 0 radical (unpaired) electrons. The molecule has 2 aliphatic rings. The lowest BCUT2D eigenvalue weighted by Crippen LogP contribution is -2.41. The number of anilines is 1. The average Bonchev–Trinajstić information content (AvgIpc) is 3.00. The average molecular weight is 281 g/mol. The fourth-order valence-electron chi connectivity index (χ4n) is 2.68. The quantitative estimate of drug-likeness (QED) is 0.897. The van der Waals surface area contributed by atoms with E-state index in [1.165, 1.54) is 0 Å². The third-order valence-electron chi connectivity index (χ3n) is 3.55. The highest BCUT2D eigenvalue weighted by atomic mass is 79.9. The Balaban J connectivity index is 1.97.